The summed E-state index contributed by atoms with van der Waals surface area (Å²) in [4.78, 5) is 0. The molecule has 5 N–H and O–H groups in total. The first-order valence-corrected chi connectivity index (χ1v) is 7.71. The average Bonchev–Trinajstić information content (AvgIpc) is 2.50. The van der Waals surface area contributed by atoms with Crippen molar-refractivity contribution in [2.24, 2.45) is 0 Å². The van der Waals surface area contributed by atoms with E-state index in [1.807, 2.05) is 51.2 Å². The highest BCUT2D eigenvalue weighted by molar-refractivity contribution is 5.66. The topological polar surface area (TPSA) is 82.5 Å². The van der Waals surface area contributed by atoms with Crippen LogP contribution in [0.2, 0.25) is 0 Å². The molecule has 0 unspecified atom stereocenters. The zero-order chi connectivity index (χ0) is 16.8. The van der Waals surface area contributed by atoms with Gasteiger partial charge in [-0.2, -0.15) is 0 Å². The number of anilines is 3. The number of hydrogen-bond acceptors (Lipinski definition) is 5. The van der Waals surface area contributed by atoms with Crippen LogP contribution in [0.1, 0.15) is 17.5 Å². The quantitative estimate of drug-likeness (QED) is 0.539. The number of nitrogens with one attached hydrogen (secondary N) is 1. The lowest BCUT2D eigenvalue weighted by atomic mass is 10.1. The van der Waals surface area contributed by atoms with Crippen molar-refractivity contribution < 1.29 is 9.47 Å². The number of hydrogen-bond donors (Lipinski definition) is 3. The van der Waals surface area contributed by atoms with Crippen molar-refractivity contribution >= 4 is 17.1 Å². The molecular formula is C18H25N3O2. The van der Waals surface area contributed by atoms with E-state index in [4.69, 9.17) is 20.9 Å². The molecule has 2 rings (SSSR count). The van der Waals surface area contributed by atoms with Gasteiger partial charge < -0.3 is 26.3 Å². The Morgan fingerprint density at radius 1 is 0.913 bits per heavy atom. The molecule has 124 valence electrons. The van der Waals surface area contributed by atoms with Crippen molar-refractivity contribution in [3.8, 4) is 11.5 Å². The smallest absolute Gasteiger partial charge is 0.145 e. The van der Waals surface area contributed by atoms with Crippen LogP contribution in [0.15, 0.2) is 30.3 Å². The Morgan fingerprint density at radius 2 is 1.61 bits per heavy atom. The summed E-state index contributed by atoms with van der Waals surface area (Å²) in [7, 11) is 1.86. The van der Waals surface area contributed by atoms with Gasteiger partial charge in [0.05, 0.1) is 18.9 Å². The van der Waals surface area contributed by atoms with Crippen molar-refractivity contribution in [1.82, 2.24) is 0 Å². The number of benzene rings is 2. The molecule has 0 fully saturated rings. The number of nitrogen functional groups attached to an aromatic ring is 2. The SMILES string of the molecule is CNc1cc(N)cc(C)c1OCCCOc1ccc(N)cc1C. The minimum Gasteiger partial charge on any atom is -0.493 e. The molecule has 0 aliphatic carbocycles. The maximum atomic E-state index is 5.88. The van der Waals surface area contributed by atoms with Gasteiger partial charge in [0.25, 0.3) is 0 Å². The highest BCUT2D eigenvalue weighted by atomic mass is 16.5. The second-order valence-electron chi connectivity index (χ2n) is 5.54. The van der Waals surface area contributed by atoms with Crippen molar-refractivity contribution in [1.29, 1.82) is 0 Å². The molecule has 23 heavy (non-hydrogen) atoms. The van der Waals surface area contributed by atoms with Crippen LogP contribution in [0.25, 0.3) is 0 Å². The van der Waals surface area contributed by atoms with Crippen LogP contribution in [0.5, 0.6) is 11.5 Å². The molecule has 0 spiro atoms. The van der Waals surface area contributed by atoms with Crippen molar-refractivity contribution in [3.63, 3.8) is 0 Å². The second-order valence-corrected chi connectivity index (χ2v) is 5.54. The summed E-state index contributed by atoms with van der Waals surface area (Å²) in [6.45, 7) is 5.14. The summed E-state index contributed by atoms with van der Waals surface area (Å²) in [5.74, 6) is 1.70. The number of ether oxygens (including phenoxy) is 2. The Labute approximate surface area is 137 Å². The predicted octanol–water partition coefficient (Wildman–Crippen LogP) is 3.36. The van der Waals surface area contributed by atoms with Gasteiger partial charge in [0.1, 0.15) is 11.5 Å². The van der Waals surface area contributed by atoms with Crippen molar-refractivity contribution in [3.05, 3.63) is 41.5 Å². The molecule has 0 aliphatic rings. The van der Waals surface area contributed by atoms with Gasteiger partial charge in [-0.05, 0) is 55.3 Å². The first-order chi connectivity index (χ1) is 11.0. The zero-order valence-electron chi connectivity index (χ0n) is 14.0. The van der Waals surface area contributed by atoms with Crippen LogP contribution < -0.4 is 26.3 Å². The minimum absolute atomic E-state index is 0.577. The van der Waals surface area contributed by atoms with E-state index in [9.17, 15) is 0 Å². The largest absolute Gasteiger partial charge is 0.493 e. The van der Waals surface area contributed by atoms with Crippen LogP contribution in [0, 0.1) is 13.8 Å². The molecule has 0 saturated heterocycles. The molecule has 0 radical (unpaired) electrons. The van der Waals surface area contributed by atoms with Crippen molar-refractivity contribution in [2.75, 3.05) is 37.0 Å². The summed E-state index contributed by atoms with van der Waals surface area (Å²) in [5.41, 5.74) is 16.0. The maximum absolute atomic E-state index is 5.88. The molecule has 2 aromatic rings. The fourth-order valence-electron chi connectivity index (χ4n) is 2.43. The van der Waals surface area contributed by atoms with Gasteiger partial charge >= 0.3 is 0 Å². The maximum Gasteiger partial charge on any atom is 0.145 e. The van der Waals surface area contributed by atoms with Gasteiger partial charge in [0, 0.05) is 24.8 Å². The van der Waals surface area contributed by atoms with Crippen molar-refractivity contribution in [2.45, 2.75) is 20.3 Å². The Bertz CT molecular complexity index is 672. The minimum atomic E-state index is 0.577. The fourth-order valence-corrected chi connectivity index (χ4v) is 2.43. The Kier molecular flexibility index (Phi) is 5.57. The Balaban J connectivity index is 1.84. The predicted molar refractivity (Wildman–Crippen MR) is 96.3 cm³/mol. The molecule has 0 aliphatic heterocycles. The van der Waals surface area contributed by atoms with E-state index in [-0.39, 0.29) is 0 Å². The van der Waals surface area contributed by atoms with Gasteiger partial charge in [0.2, 0.25) is 0 Å². The van der Waals surface area contributed by atoms with Crippen LogP contribution in [0.3, 0.4) is 0 Å². The summed E-state index contributed by atoms with van der Waals surface area (Å²) in [5, 5.41) is 3.11. The summed E-state index contributed by atoms with van der Waals surface area (Å²) >= 11 is 0. The summed E-state index contributed by atoms with van der Waals surface area (Å²) in [6.07, 6.45) is 0.788. The third-order valence-corrected chi connectivity index (χ3v) is 3.56. The third-order valence-electron chi connectivity index (χ3n) is 3.56. The normalized spacial score (nSPS) is 10.4. The standard InChI is InChI=1S/C18H25N3O2/c1-12-9-14(19)5-6-17(12)22-7-4-8-23-18-13(2)10-15(20)11-16(18)21-3/h5-6,9-11,21H,4,7-8,19-20H2,1-3H3. The number of rotatable bonds is 7. The van der Waals surface area contributed by atoms with Gasteiger partial charge in [-0.25, -0.2) is 0 Å². The third kappa shape index (κ3) is 4.45. The molecule has 5 heteroatoms. The van der Waals surface area contributed by atoms with E-state index in [1.54, 1.807) is 0 Å². The van der Waals surface area contributed by atoms with E-state index in [2.05, 4.69) is 5.32 Å². The van der Waals surface area contributed by atoms with Gasteiger partial charge in [-0.3, -0.25) is 0 Å². The monoisotopic (exact) mass is 315 g/mol. The summed E-state index contributed by atoms with van der Waals surface area (Å²) in [6, 6.07) is 9.42. The molecule has 0 aromatic heterocycles. The van der Waals surface area contributed by atoms with E-state index in [0.29, 0.717) is 13.2 Å². The highest BCUT2D eigenvalue weighted by Crippen LogP contribution is 2.31. The fraction of sp³-hybridized carbons (Fsp3) is 0.333. The van der Waals surface area contributed by atoms with E-state index in [0.717, 1.165) is 46.1 Å². The van der Waals surface area contributed by atoms with Crippen LogP contribution in [0.4, 0.5) is 17.1 Å². The molecule has 0 amide bonds. The molecule has 2 aromatic carbocycles. The lowest BCUT2D eigenvalue weighted by molar-refractivity contribution is 0.246. The molecule has 0 bridgehead atoms. The molecule has 0 heterocycles. The average molecular weight is 315 g/mol. The zero-order valence-corrected chi connectivity index (χ0v) is 14.0. The Morgan fingerprint density at radius 3 is 2.30 bits per heavy atom. The highest BCUT2D eigenvalue weighted by Gasteiger charge is 2.08. The molecule has 0 saturated carbocycles. The molecule has 0 atom stereocenters. The van der Waals surface area contributed by atoms with Gasteiger partial charge in [0.15, 0.2) is 0 Å². The van der Waals surface area contributed by atoms with Crippen LogP contribution >= 0.6 is 0 Å². The Hall–Kier alpha value is -2.56. The van der Waals surface area contributed by atoms with Crippen LogP contribution in [-0.4, -0.2) is 20.3 Å². The number of aryl methyl sites for hydroxylation is 2. The first kappa shape index (κ1) is 16.8. The first-order valence-electron chi connectivity index (χ1n) is 7.71. The second kappa shape index (κ2) is 7.63. The van der Waals surface area contributed by atoms with Gasteiger partial charge in [-0.1, -0.05) is 0 Å². The van der Waals surface area contributed by atoms with E-state index in [1.165, 1.54) is 0 Å². The lowest BCUT2D eigenvalue weighted by Gasteiger charge is -2.15. The van der Waals surface area contributed by atoms with E-state index < -0.39 is 0 Å². The van der Waals surface area contributed by atoms with E-state index >= 15 is 0 Å². The summed E-state index contributed by atoms with van der Waals surface area (Å²) < 4.78 is 11.6. The number of nitrogens with two attached hydrogens (primary N) is 2. The lowest BCUT2D eigenvalue weighted by Crippen LogP contribution is -2.08. The van der Waals surface area contributed by atoms with Gasteiger partial charge in [-0.15, -0.1) is 0 Å². The molecular weight excluding hydrogens is 290 g/mol. The molecule has 5 nitrogen and oxygen atoms in total. The van der Waals surface area contributed by atoms with Crippen LogP contribution in [-0.2, 0) is 0 Å².